The number of nitrogens with zero attached hydrogens (tertiary/aromatic N) is 5. The summed E-state index contributed by atoms with van der Waals surface area (Å²) >= 11 is 0. The van der Waals surface area contributed by atoms with Crippen LogP contribution in [0.2, 0.25) is 0 Å². The lowest BCUT2D eigenvalue weighted by molar-refractivity contribution is -0.136. The summed E-state index contributed by atoms with van der Waals surface area (Å²) in [6.07, 6.45) is 0.812. The van der Waals surface area contributed by atoms with Crippen LogP contribution in [0, 0.1) is 0 Å². The number of benzene rings is 2. The maximum Gasteiger partial charge on any atom is 0.328 e. The van der Waals surface area contributed by atoms with Crippen LogP contribution in [0.3, 0.4) is 0 Å². The third-order valence-corrected chi connectivity index (χ3v) is 5.42. The van der Waals surface area contributed by atoms with Crippen molar-refractivity contribution in [2.24, 2.45) is 10.1 Å². The van der Waals surface area contributed by atoms with Crippen LogP contribution in [-0.2, 0) is 9.59 Å². The van der Waals surface area contributed by atoms with Gasteiger partial charge in [0.15, 0.2) is 12.2 Å². The fraction of sp³-hybridized carbons (Fsp3) is 0.286. The Bertz CT molecular complexity index is 1100. The predicted molar refractivity (Wildman–Crippen MR) is 113 cm³/mol. The zero-order valence-electron chi connectivity index (χ0n) is 16.9. The van der Waals surface area contributed by atoms with Crippen molar-refractivity contribution in [2.45, 2.75) is 19.1 Å². The van der Waals surface area contributed by atoms with Gasteiger partial charge in [-0.1, -0.05) is 36.4 Å². The lowest BCUT2D eigenvalue weighted by Gasteiger charge is -2.39. The molecule has 2 aromatic carbocycles. The topological polar surface area (TPSA) is 97.7 Å². The molecule has 9 nitrogen and oxygen atoms in total. The molecule has 0 aromatic heterocycles. The molecular weight excluding hydrogens is 384 g/mol. The molecule has 2 atom stereocenters. The third-order valence-electron chi connectivity index (χ3n) is 5.42. The molecule has 1 fully saturated rings. The second-order valence-corrected chi connectivity index (χ2v) is 7.38. The molecule has 0 radical (unpaired) electrons. The first-order valence-corrected chi connectivity index (χ1v) is 9.52. The molecule has 154 valence electrons. The van der Waals surface area contributed by atoms with Gasteiger partial charge in [0.25, 0.3) is 11.8 Å². The summed E-state index contributed by atoms with van der Waals surface area (Å²) in [7, 11) is 3.01. The van der Waals surface area contributed by atoms with Crippen molar-refractivity contribution < 1.29 is 14.4 Å². The molecule has 1 saturated heterocycles. The van der Waals surface area contributed by atoms with Crippen LogP contribution in [-0.4, -0.2) is 77.4 Å². The van der Waals surface area contributed by atoms with E-state index in [4.69, 9.17) is 0 Å². The minimum absolute atomic E-state index is 0.0965. The molecule has 30 heavy (non-hydrogen) atoms. The number of amides is 4. The van der Waals surface area contributed by atoms with Gasteiger partial charge in [-0.15, -0.1) is 0 Å². The van der Waals surface area contributed by atoms with Gasteiger partial charge in [0.1, 0.15) is 6.54 Å². The Hall–Kier alpha value is -3.75. The molecule has 2 aliphatic heterocycles. The van der Waals surface area contributed by atoms with E-state index in [1.54, 1.807) is 7.05 Å². The number of likely N-dealkylation sites (N-methyl/N-ethyl adjacent to an activating group) is 2. The molecule has 2 unspecified atom stereocenters. The van der Waals surface area contributed by atoms with Crippen LogP contribution < -0.4 is 5.43 Å². The highest BCUT2D eigenvalue weighted by atomic mass is 16.2. The zero-order chi connectivity index (χ0) is 21.4. The summed E-state index contributed by atoms with van der Waals surface area (Å²) in [5.41, 5.74) is 4.11. The van der Waals surface area contributed by atoms with Crippen LogP contribution in [0.15, 0.2) is 52.6 Å². The number of imide groups is 1. The first kappa shape index (κ1) is 19.6. The smallest absolute Gasteiger partial charge is 0.328 e. The highest BCUT2D eigenvalue weighted by Crippen LogP contribution is 2.24. The van der Waals surface area contributed by atoms with Gasteiger partial charge in [-0.2, -0.15) is 5.10 Å². The van der Waals surface area contributed by atoms with Gasteiger partial charge in [0.2, 0.25) is 0 Å². The number of carbonyl (C=O) groups is 3. The number of rotatable bonds is 4. The van der Waals surface area contributed by atoms with Gasteiger partial charge < -0.3 is 9.80 Å². The van der Waals surface area contributed by atoms with Gasteiger partial charge in [0.05, 0.1) is 12.1 Å². The Morgan fingerprint density at radius 2 is 1.87 bits per heavy atom. The monoisotopic (exact) mass is 406 g/mol. The third kappa shape index (κ3) is 3.38. The van der Waals surface area contributed by atoms with E-state index < -0.39 is 18.2 Å². The molecule has 4 rings (SSSR count). The van der Waals surface area contributed by atoms with Crippen molar-refractivity contribution >= 4 is 40.7 Å². The van der Waals surface area contributed by atoms with E-state index in [9.17, 15) is 14.4 Å². The summed E-state index contributed by atoms with van der Waals surface area (Å²) < 4.78 is 0. The lowest BCUT2D eigenvalue weighted by atomic mass is 10.0. The molecule has 0 aliphatic carbocycles. The standard InChI is InChI=1S/C21H22N6O3/c1-13(15-9-8-14-6-4-5-7-16(14)10-15)23-24-17(28)11-27-12-22-19-18(27)20(29)26(3)21(30)25(19)2/h4-10,12,18-19H,11H2,1-3H3,(H,24,28)/b23-13+. The lowest BCUT2D eigenvalue weighted by Crippen LogP contribution is -2.64. The molecular formula is C21H22N6O3. The predicted octanol–water partition coefficient (Wildman–Crippen LogP) is 1.24. The van der Waals surface area contributed by atoms with E-state index in [1.165, 1.54) is 23.2 Å². The fourth-order valence-corrected chi connectivity index (χ4v) is 3.67. The van der Waals surface area contributed by atoms with Crippen LogP contribution in [0.5, 0.6) is 0 Å². The highest BCUT2D eigenvalue weighted by Gasteiger charge is 2.48. The summed E-state index contributed by atoms with van der Waals surface area (Å²) in [5.74, 6) is -0.763. The number of hydrogen-bond donors (Lipinski definition) is 1. The molecule has 4 amide bonds. The maximum atomic E-state index is 12.5. The number of aliphatic imine (C=N–C) groups is 1. The minimum Gasteiger partial charge on any atom is -0.338 e. The fourth-order valence-electron chi connectivity index (χ4n) is 3.67. The molecule has 2 heterocycles. The van der Waals surface area contributed by atoms with Gasteiger partial charge in [-0.3, -0.25) is 14.5 Å². The molecule has 0 spiro atoms. The van der Waals surface area contributed by atoms with Gasteiger partial charge in [-0.05, 0) is 29.3 Å². The van der Waals surface area contributed by atoms with Crippen molar-refractivity contribution in [1.29, 1.82) is 0 Å². The molecule has 1 N–H and O–H groups in total. The van der Waals surface area contributed by atoms with Crippen LogP contribution in [0.4, 0.5) is 4.79 Å². The Morgan fingerprint density at radius 3 is 2.63 bits per heavy atom. The van der Waals surface area contributed by atoms with Crippen LogP contribution in [0.1, 0.15) is 12.5 Å². The molecule has 2 aliphatic rings. The van der Waals surface area contributed by atoms with E-state index >= 15 is 0 Å². The van der Waals surface area contributed by atoms with Crippen LogP contribution in [0.25, 0.3) is 10.8 Å². The number of fused-ring (bicyclic) bond motifs is 2. The van der Waals surface area contributed by atoms with Crippen molar-refractivity contribution in [2.75, 3.05) is 20.6 Å². The average Bonchev–Trinajstić information content (AvgIpc) is 3.17. The number of carbonyl (C=O) groups excluding carboxylic acids is 3. The van der Waals surface area contributed by atoms with E-state index in [1.807, 2.05) is 49.4 Å². The van der Waals surface area contributed by atoms with Gasteiger partial charge >= 0.3 is 6.03 Å². The number of urea groups is 1. The van der Waals surface area contributed by atoms with Crippen LogP contribution >= 0.6 is 0 Å². The average molecular weight is 406 g/mol. The molecule has 0 saturated carbocycles. The second-order valence-electron chi connectivity index (χ2n) is 7.38. The zero-order valence-corrected chi connectivity index (χ0v) is 16.9. The summed E-state index contributed by atoms with van der Waals surface area (Å²) in [5, 5.41) is 6.42. The van der Waals surface area contributed by atoms with Crippen molar-refractivity contribution in [1.82, 2.24) is 20.1 Å². The SMILES string of the molecule is C/C(=N\NC(=O)CN1C=NC2C1C(=O)N(C)C(=O)N2C)c1ccc2ccccc2c1. The van der Waals surface area contributed by atoms with E-state index in [-0.39, 0.29) is 18.4 Å². The number of hydrogen-bond acceptors (Lipinski definition) is 6. The van der Waals surface area contributed by atoms with E-state index in [0.29, 0.717) is 5.71 Å². The van der Waals surface area contributed by atoms with Gasteiger partial charge in [-0.25, -0.2) is 15.2 Å². The van der Waals surface area contributed by atoms with E-state index in [2.05, 4.69) is 15.5 Å². The Balaban J connectivity index is 1.42. The molecule has 0 bridgehead atoms. The Morgan fingerprint density at radius 1 is 1.13 bits per heavy atom. The largest absolute Gasteiger partial charge is 0.338 e. The second kappa shape index (κ2) is 7.58. The summed E-state index contributed by atoms with van der Waals surface area (Å²) in [4.78, 5) is 45.2. The van der Waals surface area contributed by atoms with Gasteiger partial charge in [0, 0.05) is 14.1 Å². The van der Waals surface area contributed by atoms with E-state index in [0.717, 1.165) is 21.2 Å². The van der Waals surface area contributed by atoms with Crippen molar-refractivity contribution in [3.63, 3.8) is 0 Å². The van der Waals surface area contributed by atoms with Crippen molar-refractivity contribution in [3.05, 3.63) is 48.0 Å². The Labute approximate surface area is 173 Å². The Kier molecular flexibility index (Phi) is 4.94. The molecule has 2 aromatic rings. The summed E-state index contributed by atoms with van der Waals surface area (Å²) in [6.45, 7) is 1.72. The first-order chi connectivity index (χ1) is 14.4. The summed E-state index contributed by atoms with van der Waals surface area (Å²) in [6, 6.07) is 12.9. The normalized spacial score (nSPS) is 21.4. The first-order valence-electron chi connectivity index (χ1n) is 9.52. The highest BCUT2D eigenvalue weighted by molar-refractivity contribution is 6.03. The minimum atomic E-state index is -0.714. The molecule has 9 heteroatoms. The number of hydrazone groups is 1. The maximum absolute atomic E-state index is 12.5. The van der Waals surface area contributed by atoms with Crippen molar-refractivity contribution in [3.8, 4) is 0 Å². The quantitative estimate of drug-likeness (QED) is 0.610. The number of nitrogens with one attached hydrogen (secondary N) is 1.